The van der Waals surface area contributed by atoms with Crippen LogP contribution in [0.15, 0.2) is 73.4 Å². The highest BCUT2D eigenvalue weighted by Gasteiger charge is 2.32. The lowest BCUT2D eigenvalue weighted by Crippen LogP contribution is -2.16. The highest BCUT2D eigenvalue weighted by Crippen LogP contribution is 2.34. The summed E-state index contributed by atoms with van der Waals surface area (Å²) in [5.41, 5.74) is 6.74. The number of hydrogen-bond donors (Lipinski definition) is 1. The summed E-state index contributed by atoms with van der Waals surface area (Å²) < 4.78 is 82.4. The van der Waals surface area contributed by atoms with Gasteiger partial charge >= 0.3 is 12.7 Å². The average Bonchev–Trinajstić information content (AvgIpc) is 3.60. The van der Waals surface area contributed by atoms with E-state index in [1.165, 1.54) is 47.5 Å². The molecule has 0 fully saturated rings. The molecule has 206 valence electrons. The van der Waals surface area contributed by atoms with E-state index in [1.807, 2.05) is 0 Å². The molecule has 0 saturated carbocycles. The summed E-state index contributed by atoms with van der Waals surface area (Å²) in [6, 6.07) is 8.96. The molecule has 0 amide bonds. The highest BCUT2D eigenvalue weighted by atomic mass is 35.5. The first-order valence-corrected chi connectivity index (χ1v) is 12.0. The van der Waals surface area contributed by atoms with E-state index < -0.39 is 30.3 Å². The van der Waals surface area contributed by atoms with Crippen molar-refractivity contribution >= 4 is 17.3 Å². The minimum Gasteiger partial charge on any atom is -0.398 e. The van der Waals surface area contributed by atoms with Gasteiger partial charge in [-0.2, -0.15) is 32.1 Å². The molecule has 14 heteroatoms. The Morgan fingerprint density at radius 2 is 1.73 bits per heavy atom. The van der Waals surface area contributed by atoms with Gasteiger partial charge in [0.05, 0.1) is 28.6 Å². The van der Waals surface area contributed by atoms with E-state index in [1.54, 1.807) is 12.1 Å². The summed E-state index contributed by atoms with van der Waals surface area (Å²) in [4.78, 5) is 7.81. The normalized spacial score (nSPS) is 12.7. The van der Waals surface area contributed by atoms with Gasteiger partial charge in [0.15, 0.2) is 5.82 Å². The number of nitrogens with zero attached hydrogens (tertiary/aromatic N) is 6. The molecule has 4 heterocycles. The number of pyridine rings is 2. The van der Waals surface area contributed by atoms with E-state index in [4.69, 9.17) is 17.3 Å². The van der Waals surface area contributed by atoms with Crippen molar-refractivity contribution in [1.82, 2.24) is 29.5 Å². The second-order valence-electron chi connectivity index (χ2n) is 8.72. The topological polar surface area (TPSA) is 87.4 Å². The van der Waals surface area contributed by atoms with Gasteiger partial charge in [0.25, 0.3) is 0 Å². The first kappa shape index (κ1) is 27.2. The first-order chi connectivity index (χ1) is 19.0. The Balaban J connectivity index is 1.53. The van der Waals surface area contributed by atoms with Gasteiger partial charge in [-0.15, -0.1) is 0 Å². The molecule has 0 saturated heterocycles. The molecule has 0 bridgehead atoms. The SMILES string of the molecule is Nc1ccc(Cl)c(F)c1-c1ccc(C(Cc2ccn(C(F)F)n2)n2cc(-c3ccnc(C(F)(F)F)c3)cn2)nc1. The number of benzene rings is 1. The molecule has 5 rings (SSSR count). The molecule has 0 spiro atoms. The van der Waals surface area contributed by atoms with Gasteiger partial charge < -0.3 is 5.73 Å². The molecule has 1 aromatic carbocycles. The predicted molar refractivity (Wildman–Crippen MR) is 135 cm³/mol. The maximum absolute atomic E-state index is 14.7. The van der Waals surface area contributed by atoms with Crippen molar-refractivity contribution in [3.8, 4) is 22.3 Å². The Kier molecular flexibility index (Phi) is 7.23. The fourth-order valence-electron chi connectivity index (χ4n) is 4.16. The molecule has 0 aliphatic heterocycles. The van der Waals surface area contributed by atoms with Crippen LogP contribution < -0.4 is 5.73 Å². The quantitative estimate of drug-likeness (QED) is 0.169. The maximum Gasteiger partial charge on any atom is 0.433 e. The Labute approximate surface area is 227 Å². The van der Waals surface area contributed by atoms with E-state index in [-0.39, 0.29) is 28.3 Å². The Bertz CT molecular complexity index is 1650. The fraction of sp³-hybridized carbons (Fsp3) is 0.154. The second-order valence-corrected chi connectivity index (χ2v) is 9.13. The van der Waals surface area contributed by atoms with Gasteiger partial charge in [0.2, 0.25) is 0 Å². The van der Waals surface area contributed by atoms with Gasteiger partial charge in [0, 0.05) is 53.6 Å². The summed E-state index contributed by atoms with van der Waals surface area (Å²) in [6.07, 6.45) is 1.87. The number of nitrogens with two attached hydrogens (primary N) is 1. The molecule has 0 aliphatic carbocycles. The van der Waals surface area contributed by atoms with Crippen LogP contribution in [-0.4, -0.2) is 29.5 Å². The first-order valence-electron chi connectivity index (χ1n) is 11.6. The molecule has 40 heavy (non-hydrogen) atoms. The van der Waals surface area contributed by atoms with Crippen molar-refractivity contribution in [3.05, 3.63) is 101 Å². The molecule has 1 atom stereocenters. The van der Waals surface area contributed by atoms with E-state index in [2.05, 4.69) is 20.2 Å². The van der Waals surface area contributed by atoms with Crippen LogP contribution in [0, 0.1) is 5.82 Å². The second kappa shape index (κ2) is 10.6. The van der Waals surface area contributed by atoms with Crippen molar-refractivity contribution in [1.29, 1.82) is 0 Å². The number of halogens is 7. The van der Waals surface area contributed by atoms with Crippen LogP contribution in [0.25, 0.3) is 22.3 Å². The zero-order valence-electron chi connectivity index (χ0n) is 20.2. The third kappa shape index (κ3) is 5.50. The molecule has 1 unspecified atom stereocenters. The van der Waals surface area contributed by atoms with E-state index in [0.717, 1.165) is 18.5 Å². The van der Waals surface area contributed by atoms with Crippen LogP contribution in [0.1, 0.15) is 29.7 Å². The minimum atomic E-state index is -4.63. The van der Waals surface area contributed by atoms with E-state index in [9.17, 15) is 26.3 Å². The zero-order chi connectivity index (χ0) is 28.6. The van der Waals surface area contributed by atoms with Crippen LogP contribution in [0.2, 0.25) is 5.02 Å². The number of rotatable bonds is 7. The van der Waals surface area contributed by atoms with Crippen LogP contribution >= 0.6 is 11.6 Å². The molecule has 2 N–H and O–H groups in total. The van der Waals surface area contributed by atoms with Gasteiger partial charge in [-0.05, 0) is 42.0 Å². The number of hydrogen-bond acceptors (Lipinski definition) is 5. The highest BCUT2D eigenvalue weighted by molar-refractivity contribution is 6.31. The molecule has 0 aliphatic rings. The Morgan fingerprint density at radius 1 is 0.925 bits per heavy atom. The zero-order valence-corrected chi connectivity index (χ0v) is 21.0. The number of aromatic nitrogens is 6. The number of nitrogen functional groups attached to an aromatic ring is 1. The molecular weight excluding hydrogens is 560 g/mol. The van der Waals surface area contributed by atoms with Crippen molar-refractivity contribution in [2.45, 2.75) is 25.2 Å². The molecular formula is C26H18ClF6N7. The Hall–Kier alpha value is -4.39. The number of anilines is 1. The fourth-order valence-corrected chi connectivity index (χ4v) is 4.32. The lowest BCUT2D eigenvalue weighted by atomic mass is 10.0. The van der Waals surface area contributed by atoms with Crippen LogP contribution in [0.4, 0.5) is 32.0 Å². The van der Waals surface area contributed by atoms with E-state index >= 15 is 0 Å². The monoisotopic (exact) mass is 577 g/mol. The minimum absolute atomic E-state index is 0.0605. The maximum atomic E-state index is 14.7. The molecule has 0 radical (unpaired) electrons. The van der Waals surface area contributed by atoms with Gasteiger partial charge in [-0.3, -0.25) is 14.6 Å². The summed E-state index contributed by atoms with van der Waals surface area (Å²) >= 11 is 5.91. The smallest absolute Gasteiger partial charge is 0.398 e. The number of alkyl halides is 5. The van der Waals surface area contributed by atoms with Crippen molar-refractivity contribution in [2.75, 3.05) is 5.73 Å². The Morgan fingerprint density at radius 3 is 2.40 bits per heavy atom. The predicted octanol–water partition coefficient (Wildman–Crippen LogP) is 6.82. The largest absolute Gasteiger partial charge is 0.433 e. The summed E-state index contributed by atoms with van der Waals surface area (Å²) in [7, 11) is 0. The molecule has 7 nitrogen and oxygen atoms in total. The summed E-state index contributed by atoms with van der Waals surface area (Å²) in [5.74, 6) is -0.711. The van der Waals surface area contributed by atoms with Gasteiger partial charge in [-0.25, -0.2) is 9.07 Å². The molecule has 5 aromatic rings. The van der Waals surface area contributed by atoms with Crippen molar-refractivity contribution < 1.29 is 26.3 Å². The third-order valence-corrected chi connectivity index (χ3v) is 6.41. The lowest BCUT2D eigenvalue weighted by Gasteiger charge is -2.17. The van der Waals surface area contributed by atoms with Crippen LogP contribution in [-0.2, 0) is 12.6 Å². The van der Waals surface area contributed by atoms with Crippen molar-refractivity contribution in [3.63, 3.8) is 0 Å². The average molecular weight is 578 g/mol. The van der Waals surface area contributed by atoms with Crippen LogP contribution in [0.5, 0.6) is 0 Å². The standard InChI is InChI=1S/C26H18ClF6N7/c27-18-2-3-19(34)23(24(18)28)15-1-4-20(36-11-15)21(10-17-6-8-39(38-17)25(29)30)40-13-16(12-37-40)14-5-7-35-22(9-14)26(31,32)33/h1-9,11-13,21,25H,10,34H2. The van der Waals surface area contributed by atoms with Crippen LogP contribution in [0.3, 0.4) is 0 Å². The van der Waals surface area contributed by atoms with Crippen molar-refractivity contribution in [2.24, 2.45) is 0 Å². The summed E-state index contributed by atoms with van der Waals surface area (Å²) in [6.45, 7) is -2.84. The molecule has 4 aromatic heterocycles. The summed E-state index contributed by atoms with van der Waals surface area (Å²) in [5, 5.41) is 8.08. The lowest BCUT2D eigenvalue weighted by molar-refractivity contribution is -0.141. The van der Waals surface area contributed by atoms with E-state index in [0.29, 0.717) is 27.2 Å². The third-order valence-electron chi connectivity index (χ3n) is 6.11. The van der Waals surface area contributed by atoms with Gasteiger partial charge in [-0.1, -0.05) is 17.7 Å². The van der Waals surface area contributed by atoms with Gasteiger partial charge in [0.1, 0.15) is 5.69 Å².